The summed E-state index contributed by atoms with van der Waals surface area (Å²) < 4.78 is 18.0. The number of rotatable bonds is 27. The van der Waals surface area contributed by atoms with Gasteiger partial charge in [-0.2, -0.15) is 0 Å². The van der Waals surface area contributed by atoms with E-state index in [2.05, 4.69) is 26.1 Å². The second-order valence-corrected chi connectivity index (χ2v) is 14.0. The molecule has 0 aliphatic heterocycles. The Morgan fingerprint density at radius 3 is 1.80 bits per heavy atom. The van der Waals surface area contributed by atoms with Crippen molar-refractivity contribution >= 4 is 17.5 Å². The van der Waals surface area contributed by atoms with Crippen LogP contribution in [-0.4, -0.2) is 37.9 Å². The van der Waals surface area contributed by atoms with Gasteiger partial charge in [0, 0.05) is 5.02 Å². The third-order valence-corrected chi connectivity index (χ3v) is 9.81. The van der Waals surface area contributed by atoms with Gasteiger partial charge in [-0.25, -0.2) is 0 Å². The summed E-state index contributed by atoms with van der Waals surface area (Å²) in [6.07, 6.45) is 16.8. The monoisotopic (exact) mass is 667 g/mol. The molecule has 2 aromatic carbocycles. The molecule has 2 aromatic rings. The standard InChI is InChI=1S/C34H51ClNO4.C3H7.Cr/c1-4-6-7-8-9-10-11-16-27-40-33(5-2)28(3)36-34(37)29-17-21-31(22-18-29)38-25-14-12-13-15-26-39-32-23-19-30(35)20-24-32;1-3-2;/h17-24,28,33H,2,4-16,25-27H2,1,3H3,(H,36,37);1,3H2,2H3;. The van der Waals surface area contributed by atoms with Crippen molar-refractivity contribution in [3.63, 3.8) is 0 Å². The average molecular weight is 668 g/mol. The van der Waals surface area contributed by atoms with Gasteiger partial charge in [0.05, 0.1) is 6.61 Å². The maximum atomic E-state index is 13.0. The van der Waals surface area contributed by atoms with E-state index in [-0.39, 0.29) is 18.1 Å². The Balaban J connectivity index is 1.64. The molecule has 2 rings (SSSR count). The van der Waals surface area contributed by atoms with Gasteiger partial charge in [0.1, 0.15) is 5.75 Å². The predicted octanol–water partition coefficient (Wildman–Crippen LogP) is 10.7. The Labute approximate surface area is 279 Å². The van der Waals surface area contributed by atoms with Crippen molar-refractivity contribution in [2.75, 3.05) is 19.8 Å². The molecule has 0 spiro atoms. The summed E-state index contributed by atoms with van der Waals surface area (Å²) in [5.74, 6) is 1.60. The van der Waals surface area contributed by atoms with Crippen LogP contribution in [0.25, 0.3) is 0 Å². The molecule has 0 aliphatic rings. The molecule has 44 heavy (non-hydrogen) atoms. The van der Waals surface area contributed by atoms with Crippen molar-refractivity contribution in [1.82, 2.24) is 5.32 Å². The zero-order valence-corrected chi connectivity index (χ0v) is 29.7. The van der Waals surface area contributed by atoms with Crippen molar-refractivity contribution in [3.8, 4) is 11.5 Å². The van der Waals surface area contributed by atoms with Gasteiger partial charge in [-0.15, -0.1) is 0 Å². The molecular weight excluding hydrogens is 610 g/mol. The van der Waals surface area contributed by atoms with Gasteiger partial charge in [0.15, 0.2) is 0 Å². The van der Waals surface area contributed by atoms with Gasteiger partial charge in [-0.3, -0.25) is 0 Å². The van der Waals surface area contributed by atoms with Gasteiger partial charge in [0.25, 0.3) is 0 Å². The number of amides is 1. The molecule has 0 aromatic heterocycles. The summed E-state index contributed by atoms with van der Waals surface area (Å²) in [5, 5.41) is 6.45. The van der Waals surface area contributed by atoms with Crippen LogP contribution in [0.4, 0.5) is 0 Å². The molecule has 0 fully saturated rings. The van der Waals surface area contributed by atoms with Crippen LogP contribution >= 0.6 is 11.6 Å². The van der Waals surface area contributed by atoms with Crippen LogP contribution in [0.2, 0.25) is 15.6 Å². The fourth-order valence-electron chi connectivity index (χ4n) is 4.95. The zero-order valence-electron chi connectivity index (χ0n) is 27.6. The first kappa shape index (κ1) is 38.5. The predicted molar refractivity (Wildman–Crippen MR) is 181 cm³/mol. The molecule has 0 radical (unpaired) electrons. The summed E-state index contributed by atoms with van der Waals surface area (Å²) in [7, 11) is 0. The second-order valence-electron chi connectivity index (χ2n) is 11.6. The van der Waals surface area contributed by atoms with E-state index >= 15 is 0 Å². The molecule has 1 amide bonds. The first-order valence-corrected chi connectivity index (χ1v) is 19.3. The second kappa shape index (κ2) is 25.5. The maximum absolute atomic E-state index is 13.0. The molecule has 7 heteroatoms. The van der Waals surface area contributed by atoms with Crippen LogP contribution in [0.5, 0.6) is 11.5 Å². The van der Waals surface area contributed by atoms with E-state index < -0.39 is 0 Å². The molecule has 248 valence electrons. The molecule has 2 atom stereocenters. The number of halogens is 1. The first-order chi connectivity index (χ1) is 21.5. The van der Waals surface area contributed by atoms with Crippen molar-refractivity contribution in [3.05, 3.63) is 59.1 Å². The van der Waals surface area contributed by atoms with Gasteiger partial charge >= 0.3 is 184 Å². The third-order valence-electron chi connectivity index (χ3n) is 7.65. The molecular formula is C37H58ClCrNO4. The summed E-state index contributed by atoms with van der Waals surface area (Å²) >= 11 is 6.56. The van der Waals surface area contributed by atoms with Gasteiger partial charge in [-0.05, 0) is 49.9 Å². The SMILES string of the molecule is CCCCCCCCCCOC(C[CH2][Cr][CH2]CC)C(C)NC(=O)c1ccc(OCCCCCCOc2ccc(Cl)cc2)cc1. The van der Waals surface area contributed by atoms with Crippen LogP contribution in [0.3, 0.4) is 0 Å². The number of benzene rings is 2. The van der Waals surface area contributed by atoms with Gasteiger partial charge < -0.3 is 4.74 Å². The Morgan fingerprint density at radius 2 is 1.23 bits per heavy atom. The topological polar surface area (TPSA) is 56.8 Å². The molecule has 5 nitrogen and oxygen atoms in total. The molecule has 0 aliphatic carbocycles. The van der Waals surface area contributed by atoms with Gasteiger partial charge in [-0.1, -0.05) is 24.9 Å². The Bertz CT molecular complexity index is 972. The number of unbranched alkanes of at least 4 members (excludes halogenated alkanes) is 10. The van der Waals surface area contributed by atoms with Crippen LogP contribution in [0.1, 0.15) is 121 Å². The van der Waals surface area contributed by atoms with E-state index in [0.29, 0.717) is 34.0 Å². The Morgan fingerprint density at radius 1 is 0.705 bits per heavy atom. The Kier molecular flexibility index (Phi) is 22.3. The summed E-state index contributed by atoms with van der Waals surface area (Å²) in [6.45, 7) is 8.75. The summed E-state index contributed by atoms with van der Waals surface area (Å²) in [6, 6.07) is 14.9. The summed E-state index contributed by atoms with van der Waals surface area (Å²) in [5.41, 5.74) is 0.655. The van der Waals surface area contributed by atoms with Crippen molar-refractivity contribution < 1.29 is 34.2 Å². The van der Waals surface area contributed by atoms with E-state index in [1.807, 2.05) is 48.5 Å². The fraction of sp³-hybridized carbons (Fsp3) is 0.649. The molecule has 1 N–H and O–H groups in total. The van der Waals surface area contributed by atoms with E-state index in [4.69, 9.17) is 25.8 Å². The van der Waals surface area contributed by atoms with Crippen LogP contribution < -0.4 is 14.8 Å². The van der Waals surface area contributed by atoms with Crippen molar-refractivity contribution in [2.24, 2.45) is 0 Å². The molecule has 0 saturated carbocycles. The number of ether oxygens (including phenoxy) is 3. The molecule has 0 bridgehead atoms. The molecule has 0 saturated heterocycles. The van der Waals surface area contributed by atoms with Crippen molar-refractivity contribution in [1.29, 1.82) is 0 Å². The number of hydrogen-bond donors (Lipinski definition) is 1. The van der Waals surface area contributed by atoms with E-state index in [1.165, 1.54) is 61.9 Å². The van der Waals surface area contributed by atoms with Crippen molar-refractivity contribution in [2.45, 2.75) is 133 Å². The van der Waals surface area contributed by atoms with Crippen LogP contribution in [-0.2, 0) is 20.0 Å². The number of carbonyl (C=O) groups is 1. The quantitative estimate of drug-likeness (QED) is 0.0963. The van der Waals surface area contributed by atoms with E-state index in [9.17, 15) is 4.79 Å². The molecule has 0 heterocycles. The third kappa shape index (κ3) is 18.3. The molecule has 2 unspecified atom stereocenters. The number of hydrogen-bond acceptors (Lipinski definition) is 4. The minimum absolute atomic E-state index is 0.0264. The van der Waals surface area contributed by atoms with E-state index in [0.717, 1.165) is 61.7 Å². The fourth-order valence-corrected chi connectivity index (χ4v) is 6.47. The average Bonchev–Trinajstić information content (AvgIpc) is 3.03. The minimum atomic E-state index is -0.0513. The zero-order chi connectivity index (χ0) is 31.7. The Hall–Kier alpha value is -1.71. The summed E-state index contributed by atoms with van der Waals surface area (Å²) in [4.78, 5) is 13.0. The first-order valence-electron chi connectivity index (χ1n) is 17.1. The van der Waals surface area contributed by atoms with Crippen LogP contribution in [0, 0.1) is 0 Å². The van der Waals surface area contributed by atoms with Gasteiger partial charge in [0.2, 0.25) is 0 Å². The van der Waals surface area contributed by atoms with Crippen LogP contribution in [0.15, 0.2) is 48.5 Å². The number of carbonyl (C=O) groups excluding carboxylic acids is 1. The normalized spacial score (nSPS) is 12.5. The number of nitrogens with one attached hydrogen (secondary N) is 1. The van der Waals surface area contributed by atoms with E-state index in [1.54, 1.807) is 0 Å².